The molecule has 0 radical (unpaired) electrons. The number of hydrogen-bond acceptors (Lipinski definition) is 4. The fraction of sp³-hybridized carbons (Fsp3) is 0.185. The first kappa shape index (κ1) is 24.2. The van der Waals surface area contributed by atoms with Crippen molar-refractivity contribution in [3.05, 3.63) is 83.9 Å². The molecule has 0 atom stereocenters. The predicted octanol–water partition coefficient (Wildman–Crippen LogP) is 6.70. The molecule has 0 saturated heterocycles. The highest BCUT2D eigenvalue weighted by Gasteiger charge is 2.31. The van der Waals surface area contributed by atoms with Crippen LogP contribution in [0.1, 0.15) is 22.8 Å². The number of carboxylic acid groups (broad SMARTS) is 1. The summed E-state index contributed by atoms with van der Waals surface area (Å²) in [7, 11) is 0. The number of halogens is 3. The van der Waals surface area contributed by atoms with Gasteiger partial charge in [0.15, 0.2) is 0 Å². The number of aromatic carboxylic acids is 1. The van der Waals surface area contributed by atoms with Crippen LogP contribution in [0, 0.1) is 0 Å². The van der Waals surface area contributed by atoms with E-state index in [9.17, 15) is 23.1 Å². The first-order valence-electron chi connectivity index (χ1n) is 10.9. The van der Waals surface area contributed by atoms with Gasteiger partial charge in [-0.2, -0.15) is 13.2 Å². The first-order chi connectivity index (χ1) is 16.8. The molecule has 0 fully saturated rings. The molecule has 0 unspecified atom stereocenters. The molecule has 1 heterocycles. The lowest BCUT2D eigenvalue weighted by Crippen LogP contribution is -2.06. The van der Waals surface area contributed by atoms with Crippen LogP contribution in [0.15, 0.2) is 72.8 Å². The van der Waals surface area contributed by atoms with E-state index in [1.54, 1.807) is 12.1 Å². The molecule has 0 aliphatic rings. The zero-order valence-electron chi connectivity index (χ0n) is 18.8. The second kappa shape index (κ2) is 10.1. The lowest BCUT2D eigenvalue weighted by Gasteiger charge is -2.11. The molecule has 4 rings (SSSR count). The summed E-state index contributed by atoms with van der Waals surface area (Å²) in [6.45, 7) is 3.56. The minimum absolute atomic E-state index is 0.0590. The topological polar surface area (TPSA) is 68.7 Å². The van der Waals surface area contributed by atoms with Crippen LogP contribution in [0.5, 0.6) is 5.75 Å². The smallest absolute Gasteiger partial charge is 0.416 e. The summed E-state index contributed by atoms with van der Waals surface area (Å²) >= 11 is 0. The van der Waals surface area contributed by atoms with Crippen molar-refractivity contribution >= 4 is 16.9 Å². The summed E-state index contributed by atoms with van der Waals surface area (Å²) in [5.74, 6) is -0.585. The number of carbonyl (C=O) groups is 1. The Kier molecular flexibility index (Phi) is 7.02. The Labute approximate surface area is 199 Å². The minimum Gasteiger partial charge on any atom is -0.491 e. The molecule has 35 heavy (non-hydrogen) atoms. The van der Waals surface area contributed by atoms with Crippen molar-refractivity contribution in [1.29, 1.82) is 0 Å². The van der Waals surface area contributed by atoms with Crippen LogP contribution in [0.3, 0.4) is 0 Å². The average molecular weight is 481 g/mol. The molecular weight excluding hydrogens is 459 g/mol. The monoisotopic (exact) mass is 481 g/mol. The zero-order chi connectivity index (χ0) is 25.0. The number of nitrogens with zero attached hydrogens (tertiary/aromatic N) is 1. The SMILES string of the molecule is CCOCCOc1ccc(-c2ccc(-c3cc(C(=O)O)c4cc(C(F)(F)F)ccc4n3)cc2)cc1. The predicted molar refractivity (Wildman–Crippen MR) is 127 cm³/mol. The summed E-state index contributed by atoms with van der Waals surface area (Å²) in [5.41, 5.74) is 1.93. The van der Waals surface area contributed by atoms with Crippen LogP contribution in [-0.2, 0) is 10.9 Å². The summed E-state index contributed by atoms with van der Waals surface area (Å²) < 4.78 is 50.2. The van der Waals surface area contributed by atoms with E-state index in [0.717, 1.165) is 29.0 Å². The van der Waals surface area contributed by atoms with Gasteiger partial charge in [0.05, 0.1) is 28.9 Å². The molecule has 8 heteroatoms. The van der Waals surface area contributed by atoms with Gasteiger partial charge in [0.2, 0.25) is 0 Å². The number of carboxylic acids is 1. The molecule has 4 aromatic rings. The number of ether oxygens (including phenoxy) is 2. The zero-order valence-corrected chi connectivity index (χ0v) is 18.8. The molecule has 0 spiro atoms. The minimum atomic E-state index is -4.58. The van der Waals surface area contributed by atoms with Crippen molar-refractivity contribution in [2.75, 3.05) is 19.8 Å². The maximum atomic E-state index is 13.1. The summed E-state index contributed by atoms with van der Waals surface area (Å²) in [6, 6.07) is 19.2. The maximum absolute atomic E-state index is 13.1. The summed E-state index contributed by atoms with van der Waals surface area (Å²) in [4.78, 5) is 16.2. The van der Waals surface area contributed by atoms with E-state index in [2.05, 4.69) is 4.98 Å². The Morgan fingerprint density at radius 1 is 0.886 bits per heavy atom. The molecule has 180 valence electrons. The number of fused-ring (bicyclic) bond motifs is 1. The third-order valence-electron chi connectivity index (χ3n) is 5.44. The average Bonchev–Trinajstić information content (AvgIpc) is 2.85. The standard InChI is InChI=1S/C27H22F3NO4/c1-2-34-13-14-35-21-10-7-18(8-11-21)17-3-5-19(6-4-17)25-16-23(26(32)33)22-15-20(27(28,29)30)9-12-24(22)31-25/h3-12,15-16H,2,13-14H2,1H3,(H,32,33). The van der Waals surface area contributed by atoms with Crippen LogP contribution in [0.2, 0.25) is 0 Å². The van der Waals surface area contributed by atoms with Crippen molar-refractivity contribution in [2.45, 2.75) is 13.1 Å². The molecule has 0 bridgehead atoms. The van der Waals surface area contributed by atoms with Gasteiger partial charge in [-0.15, -0.1) is 0 Å². The Balaban J connectivity index is 1.59. The van der Waals surface area contributed by atoms with Crippen molar-refractivity contribution in [1.82, 2.24) is 4.98 Å². The van der Waals surface area contributed by atoms with Crippen molar-refractivity contribution in [3.63, 3.8) is 0 Å². The van der Waals surface area contributed by atoms with Crippen molar-refractivity contribution in [2.24, 2.45) is 0 Å². The summed E-state index contributed by atoms with van der Waals surface area (Å²) in [5, 5.41) is 9.56. The van der Waals surface area contributed by atoms with Gasteiger partial charge >= 0.3 is 12.1 Å². The lowest BCUT2D eigenvalue weighted by atomic mass is 10.00. The number of benzene rings is 3. The Morgan fingerprint density at radius 2 is 1.51 bits per heavy atom. The lowest BCUT2D eigenvalue weighted by molar-refractivity contribution is -0.137. The first-order valence-corrected chi connectivity index (χ1v) is 10.9. The van der Waals surface area contributed by atoms with Gasteiger partial charge in [-0.05, 0) is 54.4 Å². The largest absolute Gasteiger partial charge is 0.491 e. The highest BCUT2D eigenvalue weighted by atomic mass is 19.4. The molecule has 3 aromatic carbocycles. The summed E-state index contributed by atoms with van der Waals surface area (Å²) in [6.07, 6.45) is -4.58. The molecule has 1 aromatic heterocycles. The van der Waals surface area contributed by atoms with Crippen LogP contribution < -0.4 is 4.74 Å². The molecule has 0 amide bonds. The Morgan fingerprint density at radius 3 is 2.11 bits per heavy atom. The van der Waals surface area contributed by atoms with Gasteiger partial charge in [0.25, 0.3) is 0 Å². The van der Waals surface area contributed by atoms with Crippen molar-refractivity contribution in [3.8, 4) is 28.1 Å². The Hall–Kier alpha value is -3.91. The number of alkyl halides is 3. The highest BCUT2D eigenvalue weighted by Crippen LogP contribution is 2.34. The van der Waals surface area contributed by atoms with E-state index < -0.39 is 17.7 Å². The quantitative estimate of drug-likeness (QED) is 0.284. The molecular formula is C27H22F3NO4. The van der Waals surface area contributed by atoms with Gasteiger partial charge in [0, 0.05) is 17.6 Å². The van der Waals surface area contributed by atoms with Crippen LogP contribution in [0.4, 0.5) is 13.2 Å². The molecule has 5 nitrogen and oxygen atoms in total. The molecule has 0 aliphatic heterocycles. The van der Waals surface area contributed by atoms with Gasteiger partial charge < -0.3 is 14.6 Å². The van der Waals surface area contributed by atoms with E-state index in [1.807, 2.05) is 43.3 Å². The van der Waals surface area contributed by atoms with Crippen LogP contribution >= 0.6 is 0 Å². The van der Waals surface area contributed by atoms with E-state index in [0.29, 0.717) is 31.1 Å². The van der Waals surface area contributed by atoms with Gasteiger partial charge in [-0.1, -0.05) is 36.4 Å². The normalized spacial score (nSPS) is 11.5. The van der Waals surface area contributed by atoms with Crippen LogP contribution in [0.25, 0.3) is 33.3 Å². The fourth-order valence-electron chi connectivity index (χ4n) is 3.67. The van der Waals surface area contributed by atoms with Gasteiger partial charge in [-0.3, -0.25) is 0 Å². The third kappa shape index (κ3) is 5.60. The third-order valence-corrected chi connectivity index (χ3v) is 5.44. The fourth-order valence-corrected chi connectivity index (χ4v) is 3.67. The molecule has 0 aliphatic carbocycles. The molecule has 0 saturated carbocycles. The second-order valence-electron chi connectivity index (χ2n) is 7.74. The number of hydrogen-bond donors (Lipinski definition) is 1. The number of rotatable bonds is 8. The van der Waals surface area contributed by atoms with Gasteiger partial charge in [0.1, 0.15) is 12.4 Å². The van der Waals surface area contributed by atoms with E-state index in [4.69, 9.17) is 9.47 Å². The highest BCUT2D eigenvalue weighted by molar-refractivity contribution is 6.04. The van der Waals surface area contributed by atoms with Crippen molar-refractivity contribution < 1.29 is 32.5 Å². The van der Waals surface area contributed by atoms with E-state index in [-0.39, 0.29) is 16.5 Å². The van der Waals surface area contributed by atoms with E-state index >= 15 is 0 Å². The Bertz CT molecular complexity index is 1330. The second-order valence-corrected chi connectivity index (χ2v) is 7.74. The molecule has 1 N–H and O–H groups in total. The van der Waals surface area contributed by atoms with E-state index in [1.165, 1.54) is 12.1 Å². The number of pyridine rings is 1. The van der Waals surface area contributed by atoms with Crippen LogP contribution in [-0.4, -0.2) is 35.9 Å². The number of aromatic nitrogens is 1. The maximum Gasteiger partial charge on any atom is 0.416 e. The van der Waals surface area contributed by atoms with Gasteiger partial charge in [-0.25, -0.2) is 9.78 Å².